The van der Waals surface area contributed by atoms with Crippen molar-refractivity contribution in [3.8, 4) is 17.1 Å². The van der Waals surface area contributed by atoms with E-state index < -0.39 is 5.82 Å². The first kappa shape index (κ1) is 16.7. The van der Waals surface area contributed by atoms with Gasteiger partial charge < -0.3 is 9.73 Å². The van der Waals surface area contributed by atoms with Crippen molar-refractivity contribution in [1.29, 1.82) is 0 Å². The van der Waals surface area contributed by atoms with Crippen molar-refractivity contribution < 1.29 is 13.6 Å². The first-order valence-electron chi connectivity index (χ1n) is 8.23. The van der Waals surface area contributed by atoms with E-state index in [0.717, 1.165) is 11.9 Å². The topological polar surface area (TPSA) is 73.0 Å². The number of hydrogen-bond acceptors (Lipinski definition) is 4. The van der Waals surface area contributed by atoms with Crippen LogP contribution in [0, 0.1) is 12.7 Å². The number of nitrogens with one attached hydrogen (secondary N) is 1. The first-order valence-corrected chi connectivity index (χ1v) is 8.23. The van der Waals surface area contributed by atoms with Gasteiger partial charge in [-0.05, 0) is 49.4 Å². The molecule has 0 fully saturated rings. The molecule has 1 aromatic carbocycles. The molecule has 0 bridgehead atoms. The molecule has 0 aliphatic carbocycles. The van der Waals surface area contributed by atoms with E-state index in [-0.39, 0.29) is 11.7 Å². The summed E-state index contributed by atoms with van der Waals surface area (Å²) in [7, 11) is 0. The van der Waals surface area contributed by atoms with Gasteiger partial charge in [0.2, 0.25) is 0 Å². The van der Waals surface area contributed by atoms with Crippen LogP contribution < -0.4 is 5.32 Å². The number of carbonyl (C=O) groups is 1. The van der Waals surface area contributed by atoms with Gasteiger partial charge in [0.15, 0.2) is 11.6 Å². The molecule has 4 aromatic rings. The van der Waals surface area contributed by atoms with Gasteiger partial charge in [-0.2, -0.15) is 0 Å². The summed E-state index contributed by atoms with van der Waals surface area (Å²) >= 11 is 0. The van der Waals surface area contributed by atoms with Crippen molar-refractivity contribution in [2.24, 2.45) is 0 Å². The summed E-state index contributed by atoms with van der Waals surface area (Å²) in [5, 5.41) is 2.77. The zero-order valence-electron chi connectivity index (χ0n) is 14.4. The van der Waals surface area contributed by atoms with Gasteiger partial charge in [-0.15, -0.1) is 0 Å². The highest BCUT2D eigenvalue weighted by Crippen LogP contribution is 2.24. The molecule has 3 aromatic heterocycles. The lowest BCUT2D eigenvalue weighted by atomic mass is 10.2. The molecule has 7 heteroatoms. The molecule has 0 unspecified atom stereocenters. The quantitative estimate of drug-likeness (QED) is 0.590. The Bertz CT molecular complexity index is 1100. The van der Waals surface area contributed by atoms with Crippen LogP contribution in [0.4, 0.5) is 10.1 Å². The van der Waals surface area contributed by atoms with Gasteiger partial charge in [0.1, 0.15) is 11.6 Å². The van der Waals surface area contributed by atoms with Crippen molar-refractivity contribution in [2.45, 2.75) is 6.92 Å². The number of rotatable bonds is 4. The van der Waals surface area contributed by atoms with Crippen molar-refractivity contribution >= 4 is 11.6 Å². The van der Waals surface area contributed by atoms with Crippen molar-refractivity contribution in [1.82, 2.24) is 14.5 Å². The highest BCUT2D eigenvalue weighted by molar-refractivity contribution is 6.02. The summed E-state index contributed by atoms with van der Waals surface area (Å²) in [5.74, 6) is 0.631. The van der Waals surface area contributed by atoms with E-state index in [1.165, 1.54) is 6.20 Å². The summed E-state index contributed by atoms with van der Waals surface area (Å²) in [6, 6.07) is 12.1. The highest BCUT2D eigenvalue weighted by atomic mass is 19.1. The predicted molar refractivity (Wildman–Crippen MR) is 98.2 cm³/mol. The molecule has 0 aliphatic heterocycles. The second kappa shape index (κ2) is 6.87. The maximum Gasteiger partial charge on any atom is 0.291 e. The fourth-order valence-electron chi connectivity index (χ4n) is 2.72. The zero-order chi connectivity index (χ0) is 18.8. The Morgan fingerprint density at radius 2 is 1.93 bits per heavy atom. The summed E-state index contributed by atoms with van der Waals surface area (Å²) in [5.41, 5.74) is 1.76. The number of carbonyl (C=O) groups excluding carboxylic acids is 1. The Hall–Kier alpha value is -3.74. The van der Waals surface area contributed by atoms with Crippen LogP contribution in [0.2, 0.25) is 0 Å². The molecule has 0 aliphatic rings. The van der Waals surface area contributed by atoms with Gasteiger partial charge in [-0.3, -0.25) is 14.3 Å². The van der Waals surface area contributed by atoms with E-state index in [9.17, 15) is 9.18 Å². The Balaban J connectivity index is 1.58. The number of furan rings is 1. The van der Waals surface area contributed by atoms with Crippen LogP contribution in [-0.2, 0) is 0 Å². The second-order valence-corrected chi connectivity index (χ2v) is 5.89. The molecule has 4 rings (SSSR count). The number of aromatic nitrogens is 3. The van der Waals surface area contributed by atoms with Gasteiger partial charge in [-0.1, -0.05) is 0 Å². The average molecular weight is 362 g/mol. The number of hydrogen-bond donors (Lipinski definition) is 1. The third-order valence-corrected chi connectivity index (χ3v) is 4.02. The Kier molecular flexibility index (Phi) is 4.25. The standard InChI is InChI=1S/C20H15FN4O2/c1-13-2-7-18(27-13)20(26)24-14-3-5-15(6-4-14)25-11-10-23-19(25)16-8-9-22-12-17(16)21/h2-12H,1H3,(H,24,26). The number of halogens is 1. The summed E-state index contributed by atoms with van der Waals surface area (Å²) in [4.78, 5) is 20.2. The van der Waals surface area contributed by atoms with Gasteiger partial charge in [0.25, 0.3) is 5.91 Å². The minimum atomic E-state index is -0.442. The van der Waals surface area contributed by atoms with E-state index in [2.05, 4.69) is 15.3 Å². The van der Waals surface area contributed by atoms with E-state index in [4.69, 9.17) is 4.42 Å². The van der Waals surface area contributed by atoms with Crippen molar-refractivity contribution in [3.63, 3.8) is 0 Å². The fraction of sp³-hybridized carbons (Fsp3) is 0.0500. The molecule has 27 heavy (non-hydrogen) atoms. The number of imidazole rings is 1. The van der Waals surface area contributed by atoms with E-state index >= 15 is 0 Å². The van der Waals surface area contributed by atoms with Crippen LogP contribution >= 0.6 is 0 Å². The predicted octanol–water partition coefficient (Wildman–Crippen LogP) is 4.23. The number of anilines is 1. The first-order chi connectivity index (χ1) is 13.1. The monoisotopic (exact) mass is 362 g/mol. The highest BCUT2D eigenvalue weighted by Gasteiger charge is 2.13. The summed E-state index contributed by atoms with van der Waals surface area (Å²) in [6.07, 6.45) is 6.02. The number of nitrogens with zero attached hydrogens (tertiary/aromatic N) is 3. The minimum Gasteiger partial charge on any atom is -0.456 e. The van der Waals surface area contributed by atoms with Crippen molar-refractivity contribution in [2.75, 3.05) is 5.32 Å². The molecular formula is C20H15FN4O2. The average Bonchev–Trinajstić information content (AvgIpc) is 3.32. The van der Waals surface area contributed by atoms with Crippen molar-refractivity contribution in [3.05, 3.63) is 84.6 Å². The minimum absolute atomic E-state index is 0.252. The molecule has 134 valence electrons. The fourth-order valence-corrected chi connectivity index (χ4v) is 2.72. The molecule has 3 heterocycles. The van der Waals surface area contributed by atoms with Crippen LogP contribution in [0.25, 0.3) is 17.1 Å². The maximum atomic E-state index is 14.0. The largest absolute Gasteiger partial charge is 0.456 e. The lowest BCUT2D eigenvalue weighted by Crippen LogP contribution is -2.10. The second-order valence-electron chi connectivity index (χ2n) is 5.89. The van der Waals surface area contributed by atoms with Crippen LogP contribution in [0.15, 0.2) is 71.7 Å². The normalized spacial score (nSPS) is 10.7. The third kappa shape index (κ3) is 3.35. The molecule has 1 amide bonds. The molecular weight excluding hydrogens is 347 g/mol. The van der Waals surface area contributed by atoms with Crippen LogP contribution in [0.1, 0.15) is 16.3 Å². The molecule has 0 radical (unpaired) electrons. The molecule has 0 saturated carbocycles. The van der Waals surface area contributed by atoms with Crippen LogP contribution in [-0.4, -0.2) is 20.4 Å². The summed E-state index contributed by atoms with van der Waals surface area (Å²) < 4.78 is 21.1. The van der Waals surface area contributed by atoms with Gasteiger partial charge in [0, 0.05) is 30.0 Å². The SMILES string of the molecule is Cc1ccc(C(=O)Nc2ccc(-n3ccnc3-c3ccncc3F)cc2)o1. The third-order valence-electron chi connectivity index (χ3n) is 4.02. The maximum absolute atomic E-state index is 14.0. The number of pyridine rings is 1. The molecule has 0 atom stereocenters. The Morgan fingerprint density at radius 3 is 2.63 bits per heavy atom. The number of benzene rings is 1. The summed E-state index contributed by atoms with van der Waals surface area (Å²) in [6.45, 7) is 1.78. The smallest absolute Gasteiger partial charge is 0.291 e. The molecule has 0 saturated heterocycles. The van der Waals surface area contributed by atoms with E-state index in [1.807, 2.05) is 12.1 Å². The molecule has 0 spiro atoms. The van der Waals surface area contributed by atoms with Gasteiger partial charge in [-0.25, -0.2) is 9.37 Å². The zero-order valence-corrected chi connectivity index (χ0v) is 14.4. The Labute approximate surface area is 154 Å². The Morgan fingerprint density at radius 1 is 1.11 bits per heavy atom. The van der Waals surface area contributed by atoms with Crippen LogP contribution in [0.5, 0.6) is 0 Å². The molecule has 6 nitrogen and oxygen atoms in total. The van der Waals surface area contributed by atoms with Gasteiger partial charge >= 0.3 is 0 Å². The number of amides is 1. The van der Waals surface area contributed by atoms with E-state index in [0.29, 0.717) is 22.8 Å². The van der Waals surface area contributed by atoms with Gasteiger partial charge in [0.05, 0.1) is 11.8 Å². The number of aryl methyl sites for hydroxylation is 1. The molecule has 1 N–H and O–H groups in total. The van der Waals surface area contributed by atoms with Crippen LogP contribution in [0.3, 0.4) is 0 Å². The lowest BCUT2D eigenvalue weighted by Gasteiger charge is -2.10. The van der Waals surface area contributed by atoms with E-state index in [1.54, 1.807) is 54.2 Å². The lowest BCUT2D eigenvalue weighted by molar-refractivity contribution is 0.0995.